The molecule has 1 saturated carbocycles. The van der Waals surface area contributed by atoms with E-state index >= 15 is 0 Å². The van der Waals surface area contributed by atoms with Crippen LogP contribution in [0, 0.1) is 11.8 Å². The van der Waals surface area contributed by atoms with E-state index in [4.69, 9.17) is 4.74 Å². The summed E-state index contributed by atoms with van der Waals surface area (Å²) in [7, 11) is 0. The lowest BCUT2D eigenvalue weighted by atomic mass is 9.85. The molecule has 3 nitrogen and oxygen atoms in total. The summed E-state index contributed by atoms with van der Waals surface area (Å²) >= 11 is 3.35. The summed E-state index contributed by atoms with van der Waals surface area (Å²) in [5.41, 5.74) is 1.20. The van der Waals surface area contributed by atoms with Gasteiger partial charge >= 0.3 is 5.97 Å². The van der Waals surface area contributed by atoms with Gasteiger partial charge in [-0.2, -0.15) is 0 Å². The highest BCUT2D eigenvalue weighted by molar-refractivity contribution is 9.10. The molecule has 0 aliphatic heterocycles. The van der Waals surface area contributed by atoms with E-state index in [1.54, 1.807) is 30.3 Å². The second kappa shape index (κ2) is 8.45. The first-order chi connectivity index (χ1) is 12.6. The van der Waals surface area contributed by atoms with Crippen LogP contribution in [0.2, 0.25) is 0 Å². The molecule has 1 fully saturated rings. The largest absolute Gasteiger partial charge is 0.454 e. The molecule has 134 valence electrons. The topological polar surface area (TPSA) is 43.4 Å². The van der Waals surface area contributed by atoms with Gasteiger partial charge in [-0.15, -0.1) is 0 Å². The van der Waals surface area contributed by atoms with Crippen molar-refractivity contribution in [1.82, 2.24) is 0 Å². The van der Waals surface area contributed by atoms with Crippen LogP contribution in [-0.4, -0.2) is 17.9 Å². The minimum absolute atomic E-state index is 0.0281. The van der Waals surface area contributed by atoms with Gasteiger partial charge in [-0.1, -0.05) is 65.3 Å². The van der Waals surface area contributed by atoms with Crippen LogP contribution < -0.4 is 0 Å². The average Bonchev–Trinajstić information content (AvgIpc) is 3.16. The summed E-state index contributed by atoms with van der Waals surface area (Å²) in [6.07, 6.45) is 3.81. The Morgan fingerprint density at radius 3 is 2.38 bits per heavy atom. The van der Waals surface area contributed by atoms with Crippen molar-refractivity contribution >= 4 is 27.7 Å². The summed E-state index contributed by atoms with van der Waals surface area (Å²) in [6.45, 7) is 3.84. The van der Waals surface area contributed by atoms with Gasteiger partial charge in [0.25, 0.3) is 0 Å². The molecule has 0 bridgehead atoms. The molecule has 1 aliphatic carbocycles. The number of ether oxygens (including phenoxy) is 1. The molecule has 1 aliphatic rings. The lowest BCUT2D eigenvalue weighted by molar-refractivity contribution is 0.0223. The first kappa shape index (κ1) is 18.6. The zero-order valence-electron chi connectivity index (χ0n) is 14.4. The molecule has 2 aromatic carbocycles. The lowest BCUT2D eigenvalue weighted by Gasteiger charge is -2.25. The molecule has 0 heterocycles. The number of Topliss-reactive ketones (excluding diaryl/α,β-unsaturated/α-hetero) is 1. The highest BCUT2D eigenvalue weighted by Crippen LogP contribution is 2.38. The zero-order chi connectivity index (χ0) is 18.5. The van der Waals surface area contributed by atoms with Crippen LogP contribution >= 0.6 is 15.9 Å². The number of rotatable bonds is 6. The molecule has 0 radical (unpaired) electrons. The fourth-order valence-corrected chi connectivity index (χ4v) is 3.88. The summed E-state index contributed by atoms with van der Waals surface area (Å²) < 4.78 is 6.60. The molecule has 0 amide bonds. The summed E-state index contributed by atoms with van der Waals surface area (Å²) in [6, 6.07) is 16.4. The Hall–Kier alpha value is -2.20. The van der Waals surface area contributed by atoms with Gasteiger partial charge in [0.05, 0.1) is 5.56 Å². The van der Waals surface area contributed by atoms with E-state index in [1.165, 1.54) is 0 Å². The van der Waals surface area contributed by atoms with E-state index in [-0.39, 0.29) is 23.6 Å². The molecule has 0 N–H and O–H groups in total. The van der Waals surface area contributed by atoms with Crippen LogP contribution in [0.3, 0.4) is 0 Å². The smallest absolute Gasteiger partial charge is 0.338 e. The van der Waals surface area contributed by atoms with Crippen molar-refractivity contribution in [2.75, 3.05) is 0 Å². The van der Waals surface area contributed by atoms with Crippen LogP contribution in [0.25, 0.3) is 0 Å². The quantitative estimate of drug-likeness (QED) is 0.359. The van der Waals surface area contributed by atoms with Gasteiger partial charge in [0.1, 0.15) is 6.10 Å². The van der Waals surface area contributed by atoms with Gasteiger partial charge in [-0.25, -0.2) is 4.79 Å². The third kappa shape index (κ3) is 4.13. The van der Waals surface area contributed by atoms with Crippen molar-refractivity contribution in [3.8, 4) is 0 Å². The molecule has 4 heteroatoms. The second-order valence-corrected chi connectivity index (χ2v) is 7.46. The van der Waals surface area contributed by atoms with Crippen LogP contribution in [0.15, 0.2) is 71.7 Å². The first-order valence-electron chi connectivity index (χ1n) is 8.78. The summed E-state index contributed by atoms with van der Waals surface area (Å²) in [5, 5.41) is 0. The van der Waals surface area contributed by atoms with Gasteiger partial charge in [0.15, 0.2) is 5.78 Å². The number of hydrogen-bond acceptors (Lipinski definition) is 3. The molecule has 0 saturated heterocycles. The standard InChI is InChI=1S/C22H21BrO3/c1-2-20(26-22(25)16-11-13-17(23)14-12-16)18-9-6-10-19(18)21(24)15-7-4-3-5-8-15/h2-5,7-8,11-14,18-20H,1,6,9-10H2/t18-,19-,20+/m1/s1. The van der Waals surface area contributed by atoms with Crippen LogP contribution in [0.4, 0.5) is 0 Å². The monoisotopic (exact) mass is 412 g/mol. The van der Waals surface area contributed by atoms with E-state index in [9.17, 15) is 9.59 Å². The molecule has 26 heavy (non-hydrogen) atoms. The predicted molar refractivity (Wildman–Crippen MR) is 105 cm³/mol. The van der Waals surface area contributed by atoms with Crippen molar-refractivity contribution in [1.29, 1.82) is 0 Å². The van der Waals surface area contributed by atoms with Gasteiger partial charge in [0, 0.05) is 21.9 Å². The van der Waals surface area contributed by atoms with Crippen molar-refractivity contribution in [3.63, 3.8) is 0 Å². The first-order valence-corrected chi connectivity index (χ1v) is 9.58. The van der Waals surface area contributed by atoms with E-state index in [1.807, 2.05) is 30.3 Å². The molecule has 0 spiro atoms. The van der Waals surface area contributed by atoms with Crippen molar-refractivity contribution in [3.05, 3.63) is 82.9 Å². The van der Waals surface area contributed by atoms with E-state index in [0.29, 0.717) is 11.1 Å². The number of halogens is 1. The normalized spacial score (nSPS) is 20.3. The highest BCUT2D eigenvalue weighted by atomic mass is 79.9. The zero-order valence-corrected chi connectivity index (χ0v) is 16.0. The number of carbonyl (C=O) groups is 2. The van der Waals surface area contributed by atoms with Gasteiger partial charge in [0.2, 0.25) is 0 Å². The Labute approximate surface area is 162 Å². The number of carbonyl (C=O) groups excluding carboxylic acids is 2. The summed E-state index contributed by atoms with van der Waals surface area (Å²) in [4.78, 5) is 25.3. The minimum atomic E-state index is -0.466. The number of benzene rings is 2. The maximum Gasteiger partial charge on any atom is 0.338 e. The van der Waals surface area contributed by atoms with Crippen LogP contribution in [0.1, 0.15) is 40.0 Å². The van der Waals surface area contributed by atoms with Crippen molar-refractivity contribution in [2.45, 2.75) is 25.4 Å². The second-order valence-electron chi connectivity index (χ2n) is 6.54. The maximum absolute atomic E-state index is 12.9. The highest BCUT2D eigenvalue weighted by Gasteiger charge is 2.39. The summed E-state index contributed by atoms with van der Waals surface area (Å²) in [5.74, 6) is -0.433. The molecule has 0 aromatic heterocycles. The fourth-order valence-electron chi connectivity index (χ4n) is 3.61. The lowest BCUT2D eigenvalue weighted by Crippen LogP contribution is -2.31. The molecule has 3 rings (SSSR count). The fraction of sp³-hybridized carbons (Fsp3) is 0.273. The Bertz CT molecular complexity index is 783. The van der Waals surface area contributed by atoms with Crippen LogP contribution in [-0.2, 0) is 4.74 Å². The number of hydrogen-bond donors (Lipinski definition) is 0. The third-order valence-electron chi connectivity index (χ3n) is 4.94. The molecular formula is C22H21BrO3. The maximum atomic E-state index is 12.9. The van der Waals surface area contributed by atoms with E-state index < -0.39 is 6.10 Å². The Kier molecular flexibility index (Phi) is 6.04. The average molecular weight is 413 g/mol. The SMILES string of the molecule is C=C[C@H](OC(=O)c1ccc(Br)cc1)[C@@H]1CCC[C@H]1C(=O)c1ccccc1. The molecule has 0 unspecified atom stereocenters. The van der Waals surface area contributed by atoms with Crippen LogP contribution in [0.5, 0.6) is 0 Å². The van der Waals surface area contributed by atoms with Crippen molar-refractivity contribution < 1.29 is 14.3 Å². The Balaban J connectivity index is 1.74. The predicted octanol–water partition coefficient (Wildman–Crippen LogP) is 5.46. The van der Waals surface area contributed by atoms with E-state index in [2.05, 4.69) is 22.5 Å². The third-order valence-corrected chi connectivity index (χ3v) is 5.47. The number of ketones is 1. The Morgan fingerprint density at radius 2 is 1.73 bits per heavy atom. The van der Waals surface area contributed by atoms with Crippen molar-refractivity contribution in [2.24, 2.45) is 11.8 Å². The Morgan fingerprint density at radius 1 is 1.04 bits per heavy atom. The van der Waals surface area contributed by atoms with Gasteiger partial charge in [-0.05, 0) is 37.1 Å². The molecule has 2 aromatic rings. The number of esters is 1. The minimum Gasteiger partial charge on any atom is -0.454 e. The molecular weight excluding hydrogens is 392 g/mol. The van der Waals surface area contributed by atoms with E-state index in [0.717, 1.165) is 23.7 Å². The van der Waals surface area contributed by atoms with Gasteiger partial charge in [-0.3, -0.25) is 4.79 Å². The van der Waals surface area contributed by atoms with Gasteiger partial charge < -0.3 is 4.74 Å². The molecule has 3 atom stereocenters.